The van der Waals surface area contributed by atoms with Crippen LogP contribution in [0.2, 0.25) is 0 Å². The highest BCUT2D eigenvalue weighted by atomic mass is 16.1. The molecule has 11 heavy (non-hydrogen) atoms. The number of likely N-dealkylation sites (N-methyl/N-ethyl adjacent to an activating group) is 1. The molecule has 1 amide bonds. The molecule has 2 unspecified atom stereocenters. The molecule has 0 aliphatic carbocycles. The van der Waals surface area contributed by atoms with Gasteiger partial charge in [-0.2, -0.15) is 0 Å². The fraction of sp³-hybridized carbons (Fsp3) is 0.857. The van der Waals surface area contributed by atoms with Crippen LogP contribution in [0.1, 0.15) is 6.92 Å². The summed E-state index contributed by atoms with van der Waals surface area (Å²) in [5.74, 6) is -0.244. The lowest BCUT2D eigenvalue weighted by Crippen LogP contribution is -2.59. The molecule has 4 nitrogen and oxygen atoms in total. The highest BCUT2D eigenvalue weighted by Crippen LogP contribution is 2.05. The number of carbonyl (C=O) groups excluding carboxylic acids is 1. The average Bonchev–Trinajstić information content (AvgIpc) is 1.94. The first-order chi connectivity index (χ1) is 5.13. The molecule has 1 fully saturated rings. The van der Waals surface area contributed by atoms with Crippen LogP contribution in [0.15, 0.2) is 0 Å². The van der Waals surface area contributed by atoms with E-state index in [-0.39, 0.29) is 11.9 Å². The molecule has 0 aromatic rings. The van der Waals surface area contributed by atoms with Gasteiger partial charge in [-0.1, -0.05) is 0 Å². The van der Waals surface area contributed by atoms with Gasteiger partial charge in [0.15, 0.2) is 0 Å². The van der Waals surface area contributed by atoms with E-state index in [1.54, 1.807) is 0 Å². The Kier molecular flexibility index (Phi) is 2.46. The molecular formula is C7H15N3O. The normalized spacial score (nSPS) is 33.6. The van der Waals surface area contributed by atoms with E-state index >= 15 is 0 Å². The molecule has 0 radical (unpaired) electrons. The van der Waals surface area contributed by atoms with Gasteiger partial charge in [0.1, 0.15) is 6.04 Å². The second-order valence-corrected chi connectivity index (χ2v) is 3.09. The van der Waals surface area contributed by atoms with E-state index in [1.807, 2.05) is 11.9 Å². The van der Waals surface area contributed by atoms with Crippen LogP contribution < -0.4 is 11.1 Å². The first-order valence-electron chi connectivity index (χ1n) is 3.85. The quantitative estimate of drug-likeness (QED) is 0.501. The van der Waals surface area contributed by atoms with E-state index in [0.29, 0.717) is 12.6 Å². The van der Waals surface area contributed by atoms with Crippen molar-refractivity contribution in [2.45, 2.75) is 19.0 Å². The number of rotatable bonds is 1. The van der Waals surface area contributed by atoms with Gasteiger partial charge in [-0.15, -0.1) is 0 Å². The maximum Gasteiger partial charge on any atom is 0.236 e. The van der Waals surface area contributed by atoms with Gasteiger partial charge in [-0.25, -0.2) is 0 Å². The van der Waals surface area contributed by atoms with Crippen molar-refractivity contribution in [3.05, 3.63) is 0 Å². The Labute approximate surface area is 66.7 Å². The molecule has 1 saturated heterocycles. The molecule has 3 N–H and O–H groups in total. The highest BCUT2D eigenvalue weighted by molar-refractivity contribution is 5.80. The molecule has 0 aromatic carbocycles. The summed E-state index contributed by atoms with van der Waals surface area (Å²) >= 11 is 0. The lowest BCUT2D eigenvalue weighted by atomic mass is 10.1. The number of nitrogens with one attached hydrogen (secondary N) is 1. The van der Waals surface area contributed by atoms with Gasteiger partial charge in [0.25, 0.3) is 0 Å². The fourth-order valence-electron chi connectivity index (χ4n) is 1.33. The predicted molar refractivity (Wildman–Crippen MR) is 43.1 cm³/mol. The summed E-state index contributed by atoms with van der Waals surface area (Å²) in [5.41, 5.74) is 5.20. The van der Waals surface area contributed by atoms with Crippen LogP contribution in [0.5, 0.6) is 0 Å². The van der Waals surface area contributed by atoms with Crippen molar-refractivity contribution >= 4 is 5.91 Å². The van der Waals surface area contributed by atoms with E-state index in [9.17, 15) is 4.79 Å². The van der Waals surface area contributed by atoms with Gasteiger partial charge in [-0.3, -0.25) is 9.69 Å². The molecule has 0 bridgehead atoms. The predicted octanol–water partition coefficient (Wildman–Crippen LogP) is -1.24. The van der Waals surface area contributed by atoms with Crippen LogP contribution in [0.4, 0.5) is 0 Å². The largest absolute Gasteiger partial charge is 0.368 e. The van der Waals surface area contributed by atoms with Crippen LogP contribution in [-0.4, -0.2) is 43.0 Å². The molecule has 1 heterocycles. The molecule has 0 saturated carbocycles. The minimum Gasteiger partial charge on any atom is -0.368 e. The van der Waals surface area contributed by atoms with Gasteiger partial charge in [0.05, 0.1) is 0 Å². The number of amides is 1. The van der Waals surface area contributed by atoms with Crippen LogP contribution in [-0.2, 0) is 4.79 Å². The maximum atomic E-state index is 10.9. The Bertz CT molecular complexity index is 160. The third-order valence-corrected chi connectivity index (χ3v) is 2.29. The minimum absolute atomic E-state index is 0.140. The molecule has 4 heteroatoms. The summed E-state index contributed by atoms with van der Waals surface area (Å²) in [4.78, 5) is 12.9. The zero-order chi connectivity index (χ0) is 8.43. The summed E-state index contributed by atoms with van der Waals surface area (Å²) in [5, 5.41) is 3.15. The second-order valence-electron chi connectivity index (χ2n) is 3.09. The van der Waals surface area contributed by atoms with Gasteiger partial charge >= 0.3 is 0 Å². The van der Waals surface area contributed by atoms with Crippen molar-refractivity contribution in [2.24, 2.45) is 5.73 Å². The third-order valence-electron chi connectivity index (χ3n) is 2.29. The number of carbonyl (C=O) groups is 1. The molecule has 1 aliphatic heterocycles. The van der Waals surface area contributed by atoms with Crippen LogP contribution in [0, 0.1) is 0 Å². The summed E-state index contributed by atoms with van der Waals surface area (Å²) in [6.07, 6.45) is 0. The van der Waals surface area contributed by atoms with Gasteiger partial charge in [0, 0.05) is 19.1 Å². The summed E-state index contributed by atoms with van der Waals surface area (Å²) < 4.78 is 0. The lowest BCUT2D eigenvalue weighted by Gasteiger charge is -2.36. The van der Waals surface area contributed by atoms with Crippen LogP contribution >= 0.6 is 0 Å². The Balaban J connectivity index is 2.58. The van der Waals surface area contributed by atoms with Crippen molar-refractivity contribution < 1.29 is 4.79 Å². The fourth-order valence-corrected chi connectivity index (χ4v) is 1.33. The van der Waals surface area contributed by atoms with Crippen molar-refractivity contribution in [3.8, 4) is 0 Å². The Morgan fingerprint density at radius 3 is 2.73 bits per heavy atom. The average molecular weight is 157 g/mol. The van der Waals surface area contributed by atoms with Crippen LogP contribution in [0.25, 0.3) is 0 Å². The van der Waals surface area contributed by atoms with Crippen molar-refractivity contribution in [2.75, 3.05) is 20.1 Å². The number of piperazine rings is 1. The monoisotopic (exact) mass is 157 g/mol. The van der Waals surface area contributed by atoms with Gasteiger partial charge in [-0.05, 0) is 14.0 Å². The number of nitrogens with two attached hydrogens (primary N) is 1. The zero-order valence-corrected chi connectivity index (χ0v) is 7.00. The Morgan fingerprint density at radius 2 is 2.27 bits per heavy atom. The molecule has 2 atom stereocenters. The number of hydrogen-bond acceptors (Lipinski definition) is 3. The molecule has 1 aliphatic rings. The van der Waals surface area contributed by atoms with Crippen molar-refractivity contribution in [1.29, 1.82) is 0 Å². The van der Waals surface area contributed by atoms with Crippen molar-refractivity contribution in [1.82, 2.24) is 10.2 Å². The number of hydrogen-bond donors (Lipinski definition) is 2. The number of nitrogens with zero attached hydrogens (tertiary/aromatic N) is 1. The third kappa shape index (κ3) is 1.70. The van der Waals surface area contributed by atoms with Gasteiger partial charge < -0.3 is 11.1 Å². The smallest absolute Gasteiger partial charge is 0.236 e. The topological polar surface area (TPSA) is 58.4 Å². The van der Waals surface area contributed by atoms with Crippen molar-refractivity contribution in [3.63, 3.8) is 0 Å². The number of primary amides is 1. The Hall–Kier alpha value is -0.610. The van der Waals surface area contributed by atoms with Crippen LogP contribution in [0.3, 0.4) is 0 Å². The Morgan fingerprint density at radius 1 is 1.64 bits per heavy atom. The standard InChI is InChI=1S/C7H15N3O/c1-5-3-9-4-6(7(8)11)10(5)2/h5-6,9H,3-4H2,1-2H3,(H2,8,11). The minimum atomic E-state index is -0.244. The van der Waals surface area contributed by atoms with E-state index in [0.717, 1.165) is 6.54 Å². The second kappa shape index (κ2) is 3.19. The van der Waals surface area contributed by atoms with E-state index in [2.05, 4.69) is 12.2 Å². The van der Waals surface area contributed by atoms with E-state index in [4.69, 9.17) is 5.73 Å². The van der Waals surface area contributed by atoms with E-state index in [1.165, 1.54) is 0 Å². The molecule has 64 valence electrons. The first kappa shape index (κ1) is 8.49. The van der Waals surface area contributed by atoms with Gasteiger partial charge in [0.2, 0.25) is 5.91 Å². The lowest BCUT2D eigenvalue weighted by molar-refractivity contribution is -0.124. The molecule has 0 aromatic heterocycles. The molecular weight excluding hydrogens is 142 g/mol. The SMILES string of the molecule is CC1CNCC(C(N)=O)N1C. The highest BCUT2D eigenvalue weighted by Gasteiger charge is 2.27. The first-order valence-corrected chi connectivity index (χ1v) is 3.85. The summed E-state index contributed by atoms with van der Waals surface area (Å²) in [6.45, 7) is 3.68. The molecule has 1 rings (SSSR count). The summed E-state index contributed by atoms with van der Waals surface area (Å²) in [6, 6.07) is 0.250. The zero-order valence-electron chi connectivity index (χ0n) is 7.00. The van der Waals surface area contributed by atoms with E-state index < -0.39 is 0 Å². The maximum absolute atomic E-state index is 10.9. The summed E-state index contributed by atoms with van der Waals surface area (Å²) in [7, 11) is 1.93. The molecule has 0 spiro atoms.